The highest BCUT2D eigenvalue weighted by Crippen LogP contribution is 2.25. The van der Waals surface area contributed by atoms with E-state index in [0.29, 0.717) is 22.9 Å². The van der Waals surface area contributed by atoms with Crippen LogP contribution < -0.4 is 4.74 Å². The largest absolute Gasteiger partial charge is 0.486 e. The Morgan fingerprint density at radius 2 is 2.29 bits per heavy atom. The van der Waals surface area contributed by atoms with E-state index >= 15 is 0 Å². The Morgan fingerprint density at radius 3 is 2.94 bits per heavy atom. The lowest BCUT2D eigenvalue weighted by Gasteiger charge is -2.06. The SMILES string of the molecule is Cn1ccc(COc2cccc(Cl)c2C#N)n1. The molecule has 5 heteroatoms. The van der Waals surface area contributed by atoms with Crippen molar-refractivity contribution in [2.75, 3.05) is 0 Å². The van der Waals surface area contributed by atoms with Gasteiger partial charge in [-0.2, -0.15) is 10.4 Å². The van der Waals surface area contributed by atoms with Crippen LogP contribution in [0.2, 0.25) is 5.02 Å². The summed E-state index contributed by atoms with van der Waals surface area (Å²) < 4.78 is 7.22. The monoisotopic (exact) mass is 247 g/mol. The molecule has 0 bridgehead atoms. The van der Waals surface area contributed by atoms with Crippen molar-refractivity contribution in [1.82, 2.24) is 9.78 Å². The number of ether oxygens (including phenoxy) is 1. The van der Waals surface area contributed by atoms with Crippen LogP contribution in [0.3, 0.4) is 0 Å². The van der Waals surface area contributed by atoms with Gasteiger partial charge in [-0.1, -0.05) is 17.7 Å². The number of hydrogen-bond acceptors (Lipinski definition) is 3. The van der Waals surface area contributed by atoms with E-state index in [4.69, 9.17) is 21.6 Å². The summed E-state index contributed by atoms with van der Waals surface area (Å²) >= 11 is 5.89. The summed E-state index contributed by atoms with van der Waals surface area (Å²) in [5.74, 6) is 0.477. The molecule has 2 aromatic rings. The van der Waals surface area contributed by atoms with Gasteiger partial charge in [0.15, 0.2) is 0 Å². The van der Waals surface area contributed by atoms with Crippen molar-refractivity contribution in [3.63, 3.8) is 0 Å². The van der Waals surface area contributed by atoms with Gasteiger partial charge in [0.1, 0.15) is 24.0 Å². The van der Waals surface area contributed by atoms with E-state index < -0.39 is 0 Å². The standard InChI is InChI=1S/C12H10ClN3O/c1-16-6-5-9(15-16)8-17-12-4-2-3-11(13)10(12)7-14/h2-6H,8H2,1H3. The Hall–Kier alpha value is -1.99. The maximum absolute atomic E-state index is 8.97. The lowest BCUT2D eigenvalue weighted by Crippen LogP contribution is -1.99. The van der Waals surface area contributed by atoms with Crippen molar-refractivity contribution in [3.8, 4) is 11.8 Å². The molecule has 0 saturated carbocycles. The van der Waals surface area contributed by atoms with Crippen LogP contribution in [0.15, 0.2) is 30.5 Å². The summed E-state index contributed by atoms with van der Waals surface area (Å²) in [4.78, 5) is 0. The van der Waals surface area contributed by atoms with Gasteiger partial charge in [0.05, 0.1) is 10.7 Å². The Kier molecular flexibility index (Phi) is 3.31. The summed E-state index contributed by atoms with van der Waals surface area (Å²) in [6.45, 7) is 0.315. The topological polar surface area (TPSA) is 50.8 Å². The highest BCUT2D eigenvalue weighted by molar-refractivity contribution is 6.31. The predicted molar refractivity (Wildman–Crippen MR) is 63.7 cm³/mol. The van der Waals surface area contributed by atoms with E-state index in [2.05, 4.69) is 5.10 Å². The highest BCUT2D eigenvalue weighted by atomic mass is 35.5. The van der Waals surface area contributed by atoms with E-state index in [9.17, 15) is 0 Å². The minimum absolute atomic E-state index is 0.315. The fraction of sp³-hybridized carbons (Fsp3) is 0.167. The second kappa shape index (κ2) is 4.89. The van der Waals surface area contributed by atoms with E-state index in [-0.39, 0.29) is 0 Å². The molecule has 0 radical (unpaired) electrons. The Morgan fingerprint density at radius 1 is 1.47 bits per heavy atom. The Labute approximate surface area is 104 Å². The van der Waals surface area contributed by atoms with Gasteiger partial charge in [-0.3, -0.25) is 4.68 Å². The molecule has 1 aromatic carbocycles. The van der Waals surface area contributed by atoms with Crippen molar-refractivity contribution in [2.45, 2.75) is 6.61 Å². The van der Waals surface area contributed by atoms with Crippen LogP contribution in [0.5, 0.6) is 5.75 Å². The number of benzene rings is 1. The quantitative estimate of drug-likeness (QED) is 0.838. The predicted octanol–water partition coefficient (Wildman–Crippen LogP) is 2.52. The molecule has 17 heavy (non-hydrogen) atoms. The summed E-state index contributed by atoms with van der Waals surface area (Å²) in [6.07, 6.45) is 1.84. The van der Waals surface area contributed by atoms with Crippen LogP contribution in [0.25, 0.3) is 0 Å². The summed E-state index contributed by atoms with van der Waals surface area (Å²) in [5, 5.41) is 13.5. The summed E-state index contributed by atoms with van der Waals surface area (Å²) in [7, 11) is 1.84. The van der Waals surface area contributed by atoms with Gasteiger partial charge in [-0.25, -0.2) is 0 Å². The molecule has 0 atom stereocenters. The van der Waals surface area contributed by atoms with Gasteiger partial charge in [0, 0.05) is 13.2 Å². The summed E-state index contributed by atoms with van der Waals surface area (Å²) in [5.41, 5.74) is 1.15. The van der Waals surface area contributed by atoms with Gasteiger partial charge >= 0.3 is 0 Å². The first-order valence-electron chi connectivity index (χ1n) is 5.00. The molecule has 0 spiro atoms. The molecule has 0 saturated heterocycles. The zero-order valence-corrected chi connectivity index (χ0v) is 9.98. The number of hydrogen-bond donors (Lipinski definition) is 0. The van der Waals surface area contributed by atoms with Crippen molar-refractivity contribution < 1.29 is 4.74 Å². The third-order valence-electron chi connectivity index (χ3n) is 2.23. The van der Waals surface area contributed by atoms with Gasteiger partial charge in [0.2, 0.25) is 0 Å². The fourth-order valence-corrected chi connectivity index (χ4v) is 1.63. The van der Waals surface area contributed by atoms with Gasteiger partial charge < -0.3 is 4.74 Å². The minimum Gasteiger partial charge on any atom is -0.486 e. The molecule has 4 nitrogen and oxygen atoms in total. The molecule has 0 fully saturated rings. The molecular weight excluding hydrogens is 238 g/mol. The molecule has 0 amide bonds. The molecule has 2 rings (SSSR count). The first-order chi connectivity index (χ1) is 8.20. The second-order valence-electron chi connectivity index (χ2n) is 3.49. The van der Waals surface area contributed by atoms with E-state index in [0.717, 1.165) is 5.69 Å². The van der Waals surface area contributed by atoms with Crippen LogP contribution in [-0.2, 0) is 13.7 Å². The average Bonchev–Trinajstić information content (AvgIpc) is 2.72. The number of aromatic nitrogens is 2. The molecule has 0 N–H and O–H groups in total. The van der Waals surface area contributed by atoms with E-state index in [1.54, 1.807) is 22.9 Å². The Balaban J connectivity index is 2.14. The lowest BCUT2D eigenvalue weighted by molar-refractivity contribution is 0.299. The van der Waals surface area contributed by atoms with Crippen LogP contribution in [0.1, 0.15) is 11.3 Å². The first kappa shape index (κ1) is 11.5. The number of aryl methyl sites for hydroxylation is 1. The highest BCUT2D eigenvalue weighted by Gasteiger charge is 2.08. The molecule has 86 valence electrons. The number of nitrogens with zero attached hydrogens (tertiary/aromatic N) is 3. The molecule has 0 unspecified atom stereocenters. The fourth-order valence-electron chi connectivity index (χ4n) is 1.42. The maximum Gasteiger partial charge on any atom is 0.139 e. The van der Waals surface area contributed by atoms with Crippen molar-refractivity contribution in [1.29, 1.82) is 5.26 Å². The molecule has 0 aliphatic heterocycles. The molecule has 1 heterocycles. The normalized spacial score (nSPS) is 9.94. The molecular formula is C12H10ClN3O. The van der Waals surface area contributed by atoms with Gasteiger partial charge in [-0.05, 0) is 18.2 Å². The average molecular weight is 248 g/mol. The van der Waals surface area contributed by atoms with Crippen LogP contribution in [-0.4, -0.2) is 9.78 Å². The van der Waals surface area contributed by atoms with Crippen molar-refractivity contribution >= 4 is 11.6 Å². The van der Waals surface area contributed by atoms with Crippen LogP contribution >= 0.6 is 11.6 Å². The number of nitriles is 1. The minimum atomic E-state index is 0.315. The molecule has 1 aromatic heterocycles. The van der Waals surface area contributed by atoms with Gasteiger partial charge in [-0.15, -0.1) is 0 Å². The third kappa shape index (κ3) is 2.58. The lowest BCUT2D eigenvalue weighted by atomic mass is 10.2. The zero-order chi connectivity index (χ0) is 12.3. The number of halogens is 1. The summed E-state index contributed by atoms with van der Waals surface area (Å²) in [6, 6.07) is 9.00. The van der Waals surface area contributed by atoms with Gasteiger partial charge in [0.25, 0.3) is 0 Å². The maximum atomic E-state index is 8.97. The smallest absolute Gasteiger partial charge is 0.139 e. The van der Waals surface area contributed by atoms with Crippen LogP contribution in [0.4, 0.5) is 0 Å². The second-order valence-corrected chi connectivity index (χ2v) is 3.90. The first-order valence-corrected chi connectivity index (χ1v) is 5.38. The van der Waals surface area contributed by atoms with Crippen LogP contribution in [0, 0.1) is 11.3 Å². The Bertz CT molecular complexity index is 571. The van der Waals surface area contributed by atoms with Crippen molar-refractivity contribution in [2.24, 2.45) is 7.05 Å². The molecule has 0 aliphatic rings. The number of rotatable bonds is 3. The van der Waals surface area contributed by atoms with E-state index in [1.165, 1.54) is 0 Å². The van der Waals surface area contributed by atoms with E-state index in [1.807, 2.05) is 25.4 Å². The molecule has 0 aliphatic carbocycles. The third-order valence-corrected chi connectivity index (χ3v) is 2.55. The zero-order valence-electron chi connectivity index (χ0n) is 9.22. The van der Waals surface area contributed by atoms with Crippen molar-refractivity contribution in [3.05, 3.63) is 46.7 Å².